The molecule has 1 aliphatic heterocycles. The Kier molecular flexibility index (Phi) is 6.91. The molecule has 21 heavy (non-hydrogen) atoms. The largest absolute Gasteiger partial charge is 0.494 e. The van der Waals surface area contributed by atoms with Crippen LogP contribution in [0.4, 0.5) is 0 Å². The molecule has 3 heteroatoms. The van der Waals surface area contributed by atoms with Crippen molar-refractivity contribution in [1.29, 1.82) is 0 Å². The van der Waals surface area contributed by atoms with E-state index in [1.165, 1.54) is 43.7 Å². The molecule has 0 aromatic heterocycles. The molecule has 0 saturated carbocycles. The maximum Gasteiger partial charge on any atom is 0.119 e. The number of hydrogen-bond acceptors (Lipinski definition) is 3. The van der Waals surface area contributed by atoms with E-state index in [-0.39, 0.29) is 0 Å². The molecule has 1 fully saturated rings. The summed E-state index contributed by atoms with van der Waals surface area (Å²) in [6.07, 6.45) is 7.30. The summed E-state index contributed by atoms with van der Waals surface area (Å²) in [4.78, 5) is 3.89. The third-order valence-corrected chi connectivity index (χ3v) is 5.36. The molecule has 0 radical (unpaired) electrons. The Bertz CT molecular complexity index is 406. The van der Waals surface area contributed by atoms with E-state index in [1.54, 1.807) is 11.8 Å². The van der Waals surface area contributed by atoms with Gasteiger partial charge in [0, 0.05) is 10.9 Å². The van der Waals surface area contributed by atoms with Gasteiger partial charge in [0.2, 0.25) is 0 Å². The van der Waals surface area contributed by atoms with Gasteiger partial charge in [0.15, 0.2) is 0 Å². The van der Waals surface area contributed by atoms with Crippen LogP contribution in [0.25, 0.3) is 0 Å². The van der Waals surface area contributed by atoms with Crippen LogP contribution in [0.15, 0.2) is 29.2 Å². The number of hydrogen-bond donors (Lipinski definition) is 0. The highest BCUT2D eigenvalue weighted by molar-refractivity contribution is 7.98. The number of nitrogens with zero attached hydrogens (tertiary/aromatic N) is 1. The number of likely N-dealkylation sites (tertiary alicyclic amines) is 1. The van der Waals surface area contributed by atoms with Crippen molar-refractivity contribution < 1.29 is 4.74 Å². The minimum atomic E-state index is 0.758. The van der Waals surface area contributed by atoms with Crippen LogP contribution in [0, 0.1) is 5.92 Å². The van der Waals surface area contributed by atoms with Crippen molar-refractivity contribution in [3.8, 4) is 5.75 Å². The second kappa shape index (κ2) is 8.70. The van der Waals surface area contributed by atoms with Gasteiger partial charge in [0.25, 0.3) is 0 Å². The van der Waals surface area contributed by atoms with Gasteiger partial charge in [-0.3, -0.25) is 0 Å². The first-order valence-electron chi connectivity index (χ1n) is 8.23. The van der Waals surface area contributed by atoms with E-state index >= 15 is 0 Å². The Morgan fingerprint density at radius 3 is 2.67 bits per heavy atom. The van der Waals surface area contributed by atoms with Gasteiger partial charge in [-0.05, 0) is 82.1 Å². The van der Waals surface area contributed by atoms with Crippen molar-refractivity contribution in [2.24, 2.45) is 5.92 Å². The summed E-state index contributed by atoms with van der Waals surface area (Å²) < 4.78 is 5.85. The zero-order valence-electron chi connectivity index (χ0n) is 13.7. The highest BCUT2D eigenvalue weighted by Crippen LogP contribution is 2.26. The van der Waals surface area contributed by atoms with E-state index in [4.69, 9.17) is 4.74 Å². The Morgan fingerprint density at radius 1 is 1.29 bits per heavy atom. The number of piperidine rings is 1. The average molecular weight is 308 g/mol. The SMILES string of the molecule is CCN1CCC(CCCOc2ccc(SC)cc2)CC1C. The third kappa shape index (κ3) is 5.23. The molecule has 1 aliphatic rings. The predicted octanol–water partition coefficient (Wildman–Crippen LogP) is 4.69. The fourth-order valence-electron chi connectivity index (χ4n) is 3.28. The van der Waals surface area contributed by atoms with Crippen LogP contribution in [0.3, 0.4) is 0 Å². The molecule has 2 nitrogen and oxygen atoms in total. The second-order valence-corrected chi connectivity index (χ2v) is 6.91. The summed E-state index contributed by atoms with van der Waals surface area (Å²) in [6.45, 7) is 7.97. The zero-order chi connectivity index (χ0) is 15.1. The van der Waals surface area contributed by atoms with E-state index in [1.807, 2.05) is 0 Å². The van der Waals surface area contributed by atoms with Gasteiger partial charge in [0.1, 0.15) is 5.75 Å². The van der Waals surface area contributed by atoms with Crippen LogP contribution >= 0.6 is 11.8 Å². The van der Waals surface area contributed by atoms with Crippen molar-refractivity contribution in [3.63, 3.8) is 0 Å². The van der Waals surface area contributed by atoms with Gasteiger partial charge < -0.3 is 9.64 Å². The first kappa shape index (κ1) is 16.7. The molecule has 1 aromatic carbocycles. The van der Waals surface area contributed by atoms with E-state index in [9.17, 15) is 0 Å². The highest BCUT2D eigenvalue weighted by atomic mass is 32.2. The van der Waals surface area contributed by atoms with Gasteiger partial charge in [0.05, 0.1) is 6.61 Å². The Hall–Kier alpha value is -0.670. The normalized spacial score (nSPS) is 23.2. The number of rotatable bonds is 7. The van der Waals surface area contributed by atoms with Crippen LogP contribution in [0.5, 0.6) is 5.75 Å². The number of thioether (sulfide) groups is 1. The molecule has 1 aromatic rings. The summed E-state index contributed by atoms with van der Waals surface area (Å²) in [7, 11) is 0. The lowest BCUT2D eigenvalue weighted by molar-refractivity contribution is 0.122. The van der Waals surface area contributed by atoms with E-state index in [0.29, 0.717) is 0 Å². The number of ether oxygens (including phenoxy) is 1. The average Bonchev–Trinajstić information content (AvgIpc) is 2.52. The summed E-state index contributed by atoms with van der Waals surface area (Å²) in [5.74, 6) is 1.90. The molecule has 0 spiro atoms. The van der Waals surface area contributed by atoms with Gasteiger partial charge in [-0.25, -0.2) is 0 Å². The van der Waals surface area contributed by atoms with Crippen LogP contribution in [0.1, 0.15) is 39.5 Å². The third-order valence-electron chi connectivity index (χ3n) is 4.61. The smallest absolute Gasteiger partial charge is 0.119 e. The van der Waals surface area contributed by atoms with Crippen molar-refractivity contribution in [1.82, 2.24) is 4.90 Å². The molecule has 118 valence electrons. The quantitative estimate of drug-likeness (QED) is 0.536. The maximum atomic E-state index is 5.85. The lowest BCUT2D eigenvalue weighted by Gasteiger charge is -2.37. The van der Waals surface area contributed by atoms with Gasteiger partial charge in [-0.1, -0.05) is 6.92 Å². The van der Waals surface area contributed by atoms with Gasteiger partial charge >= 0.3 is 0 Å². The molecule has 1 heterocycles. The van der Waals surface area contributed by atoms with Crippen molar-refractivity contribution in [2.75, 3.05) is 26.0 Å². The van der Waals surface area contributed by atoms with Crippen LogP contribution in [-0.4, -0.2) is 36.9 Å². The summed E-state index contributed by atoms with van der Waals surface area (Å²) in [6, 6.07) is 9.17. The number of benzene rings is 1. The van der Waals surface area contributed by atoms with Crippen molar-refractivity contribution in [2.45, 2.75) is 50.5 Å². The first-order chi connectivity index (χ1) is 10.2. The summed E-state index contributed by atoms with van der Waals surface area (Å²) in [5.41, 5.74) is 0. The molecule has 2 rings (SSSR count). The van der Waals surface area contributed by atoms with Crippen molar-refractivity contribution in [3.05, 3.63) is 24.3 Å². The minimum Gasteiger partial charge on any atom is -0.494 e. The van der Waals surface area contributed by atoms with E-state index < -0.39 is 0 Å². The lowest BCUT2D eigenvalue weighted by Crippen LogP contribution is -2.40. The van der Waals surface area contributed by atoms with Crippen LogP contribution < -0.4 is 4.74 Å². The summed E-state index contributed by atoms with van der Waals surface area (Å²) in [5, 5.41) is 0. The minimum absolute atomic E-state index is 0.758. The topological polar surface area (TPSA) is 12.5 Å². The lowest BCUT2D eigenvalue weighted by atomic mass is 9.88. The van der Waals surface area contributed by atoms with Gasteiger partial charge in [-0.2, -0.15) is 0 Å². The monoisotopic (exact) mass is 307 g/mol. The Balaban J connectivity index is 1.63. The molecule has 0 bridgehead atoms. The fourth-order valence-corrected chi connectivity index (χ4v) is 3.69. The Morgan fingerprint density at radius 2 is 2.05 bits per heavy atom. The predicted molar refractivity (Wildman–Crippen MR) is 92.4 cm³/mol. The molecule has 0 aliphatic carbocycles. The fraction of sp³-hybridized carbons (Fsp3) is 0.667. The molecule has 2 atom stereocenters. The molecule has 0 amide bonds. The van der Waals surface area contributed by atoms with E-state index in [2.05, 4.69) is 49.3 Å². The second-order valence-electron chi connectivity index (χ2n) is 6.03. The van der Waals surface area contributed by atoms with Gasteiger partial charge in [-0.15, -0.1) is 11.8 Å². The molecular weight excluding hydrogens is 278 g/mol. The van der Waals surface area contributed by atoms with Crippen molar-refractivity contribution >= 4 is 11.8 Å². The summed E-state index contributed by atoms with van der Waals surface area (Å²) >= 11 is 1.77. The zero-order valence-corrected chi connectivity index (χ0v) is 14.5. The van der Waals surface area contributed by atoms with Crippen LogP contribution in [0.2, 0.25) is 0 Å². The highest BCUT2D eigenvalue weighted by Gasteiger charge is 2.23. The standard InChI is InChI=1S/C18H29NOS/c1-4-19-12-11-16(14-15(19)2)6-5-13-20-17-7-9-18(21-3)10-8-17/h7-10,15-16H,4-6,11-14H2,1-3H3. The molecule has 0 N–H and O–H groups in total. The molecular formula is C18H29NOS. The van der Waals surface area contributed by atoms with Crippen LogP contribution in [-0.2, 0) is 0 Å². The first-order valence-corrected chi connectivity index (χ1v) is 9.46. The van der Waals surface area contributed by atoms with E-state index in [0.717, 1.165) is 24.3 Å². The Labute approximate surface area is 134 Å². The molecule has 2 unspecified atom stereocenters. The maximum absolute atomic E-state index is 5.85. The molecule has 1 saturated heterocycles.